The minimum absolute atomic E-state index is 0.385. The first-order chi connectivity index (χ1) is 23.5. The Morgan fingerprint density at radius 2 is 0.833 bits per heavy atom. The summed E-state index contributed by atoms with van der Waals surface area (Å²) >= 11 is 0. The molecule has 0 spiro atoms. The standard InChI is InChI=1S/C47H41N/c1-32(2)42-22-13-23-43(33(3)4)47(42)45-31-39(25-26-44(45)40-20-12-21-41(30-40)46-24-8-9-27-48-46)38-19-11-18-37(29-38)36-17-10-16-35(28-36)34-14-6-5-7-15-34/h5-33H,1-4H3. The summed E-state index contributed by atoms with van der Waals surface area (Å²) in [5.74, 6) is 0.769. The highest BCUT2D eigenvalue weighted by Gasteiger charge is 2.20. The lowest BCUT2D eigenvalue weighted by atomic mass is 9.81. The molecule has 6 aromatic carbocycles. The van der Waals surface area contributed by atoms with Crippen LogP contribution in [-0.2, 0) is 0 Å². The Morgan fingerprint density at radius 1 is 0.354 bits per heavy atom. The van der Waals surface area contributed by atoms with Crippen LogP contribution in [-0.4, -0.2) is 4.98 Å². The van der Waals surface area contributed by atoms with Gasteiger partial charge in [-0.3, -0.25) is 4.98 Å². The van der Waals surface area contributed by atoms with Gasteiger partial charge in [0, 0.05) is 11.8 Å². The first-order valence-corrected chi connectivity index (χ1v) is 17.0. The fourth-order valence-corrected chi connectivity index (χ4v) is 6.81. The van der Waals surface area contributed by atoms with Crippen LogP contribution in [0.15, 0.2) is 164 Å². The molecule has 0 unspecified atom stereocenters. The summed E-state index contributed by atoms with van der Waals surface area (Å²) in [5.41, 5.74) is 17.2. The summed E-state index contributed by atoms with van der Waals surface area (Å²) in [5, 5.41) is 0. The Kier molecular flexibility index (Phi) is 8.86. The molecule has 1 aromatic heterocycles. The highest BCUT2D eigenvalue weighted by Crippen LogP contribution is 2.43. The van der Waals surface area contributed by atoms with Crippen molar-refractivity contribution in [2.24, 2.45) is 0 Å². The first-order valence-electron chi connectivity index (χ1n) is 17.0. The van der Waals surface area contributed by atoms with E-state index in [9.17, 15) is 0 Å². The van der Waals surface area contributed by atoms with E-state index in [2.05, 4.69) is 184 Å². The number of hydrogen-bond donors (Lipinski definition) is 0. The molecule has 1 nitrogen and oxygen atoms in total. The number of pyridine rings is 1. The van der Waals surface area contributed by atoms with E-state index in [0.29, 0.717) is 11.8 Å². The molecule has 0 radical (unpaired) electrons. The van der Waals surface area contributed by atoms with Gasteiger partial charge >= 0.3 is 0 Å². The van der Waals surface area contributed by atoms with E-state index < -0.39 is 0 Å². The van der Waals surface area contributed by atoms with Crippen LogP contribution < -0.4 is 0 Å². The Bertz CT molecular complexity index is 2150. The summed E-state index contributed by atoms with van der Waals surface area (Å²) in [6.45, 7) is 9.23. The summed E-state index contributed by atoms with van der Waals surface area (Å²) < 4.78 is 0. The number of aromatic nitrogens is 1. The second-order valence-electron chi connectivity index (χ2n) is 13.2. The van der Waals surface area contributed by atoms with Crippen molar-refractivity contribution in [3.8, 4) is 66.9 Å². The SMILES string of the molecule is CC(C)c1cccc(C(C)C)c1-c1cc(-c2cccc(-c3cccc(-c4ccccc4)c3)c2)ccc1-c1cccc(-c2ccccn2)c1. The molecule has 1 heteroatoms. The Morgan fingerprint density at radius 3 is 1.42 bits per heavy atom. The van der Waals surface area contributed by atoms with Crippen molar-refractivity contribution >= 4 is 0 Å². The highest BCUT2D eigenvalue weighted by molar-refractivity contribution is 5.91. The first kappa shape index (κ1) is 31.1. The maximum Gasteiger partial charge on any atom is 0.0702 e. The van der Waals surface area contributed by atoms with Crippen LogP contribution in [0, 0.1) is 0 Å². The van der Waals surface area contributed by atoms with E-state index in [0.717, 1.165) is 11.3 Å². The minimum atomic E-state index is 0.385. The van der Waals surface area contributed by atoms with Gasteiger partial charge in [0.25, 0.3) is 0 Å². The van der Waals surface area contributed by atoms with Crippen molar-refractivity contribution in [1.29, 1.82) is 0 Å². The van der Waals surface area contributed by atoms with Gasteiger partial charge in [-0.05, 0) is 115 Å². The molecule has 0 saturated heterocycles. The smallest absolute Gasteiger partial charge is 0.0702 e. The molecule has 48 heavy (non-hydrogen) atoms. The Hall–Kier alpha value is -5.53. The van der Waals surface area contributed by atoms with Crippen LogP contribution in [0.4, 0.5) is 0 Å². The van der Waals surface area contributed by atoms with Gasteiger partial charge in [-0.1, -0.05) is 149 Å². The van der Waals surface area contributed by atoms with Crippen molar-refractivity contribution in [2.45, 2.75) is 39.5 Å². The van der Waals surface area contributed by atoms with E-state index in [-0.39, 0.29) is 0 Å². The monoisotopic (exact) mass is 619 g/mol. The second kappa shape index (κ2) is 13.7. The van der Waals surface area contributed by atoms with Crippen LogP contribution in [0.25, 0.3) is 66.9 Å². The zero-order chi connectivity index (χ0) is 33.0. The van der Waals surface area contributed by atoms with Gasteiger partial charge < -0.3 is 0 Å². The number of benzene rings is 6. The quantitative estimate of drug-likeness (QED) is 0.165. The molecule has 0 bridgehead atoms. The fourth-order valence-electron chi connectivity index (χ4n) is 6.81. The third-order valence-corrected chi connectivity index (χ3v) is 9.30. The predicted octanol–water partition coefficient (Wildman–Crippen LogP) is 13.3. The van der Waals surface area contributed by atoms with Crippen LogP contribution in [0.3, 0.4) is 0 Å². The predicted molar refractivity (Wildman–Crippen MR) is 205 cm³/mol. The number of rotatable bonds is 8. The second-order valence-corrected chi connectivity index (χ2v) is 13.2. The molecule has 0 saturated carbocycles. The van der Waals surface area contributed by atoms with Crippen LogP contribution >= 0.6 is 0 Å². The molecule has 0 N–H and O–H groups in total. The third-order valence-electron chi connectivity index (χ3n) is 9.30. The molecule has 0 aliphatic rings. The average Bonchev–Trinajstić information content (AvgIpc) is 3.15. The van der Waals surface area contributed by atoms with E-state index in [4.69, 9.17) is 0 Å². The lowest BCUT2D eigenvalue weighted by Gasteiger charge is -2.23. The van der Waals surface area contributed by atoms with Crippen molar-refractivity contribution < 1.29 is 0 Å². The number of hydrogen-bond acceptors (Lipinski definition) is 1. The zero-order valence-corrected chi connectivity index (χ0v) is 28.2. The van der Waals surface area contributed by atoms with Crippen LogP contribution in [0.1, 0.15) is 50.7 Å². The fraction of sp³-hybridized carbons (Fsp3) is 0.128. The van der Waals surface area contributed by atoms with Gasteiger partial charge in [-0.15, -0.1) is 0 Å². The van der Waals surface area contributed by atoms with Gasteiger partial charge in [0.2, 0.25) is 0 Å². The van der Waals surface area contributed by atoms with Gasteiger partial charge in [0.1, 0.15) is 0 Å². The van der Waals surface area contributed by atoms with Gasteiger partial charge in [0.15, 0.2) is 0 Å². The van der Waals surface area contributed by atoms with Crippen molar-refractivity contribution in [3.63, 3.8) is 0 Å². The third kappa shape index (κ3) is 6.37. The molecular formula is C47H41N. The summed E-state index contributed by atoms with van der Waals surface area (Å²) in [6.07, 6.45) is 1.86. The van der Waals surface area contributed by atoms with Crippen molar-refractivity contribution in [2.75, 3.05) is 0 Å². The van der Waals surface area contributed by atoms with Crippen molar-refractivity contribution in [1.82, 2.24) is 4.98 Å². The van der Waals surface area contributed by atoms with Gasteiger partial charge in [0.05, 0.1) is 5.69 Å². The molecule has 0 aliphatic carbocycles. The van der Waals surface area contributed by atoms with Gasteiger partial charge in [-0.2, -0.15) is 0 Å². The average molecular weight is 620 g/mol. The normalized spacial score (nSPS) is 11.3. The van der Waals surface area contributed by atoms with Gasteiger partial charge in [-0.25, -0.2) is 0 Å². The maximum atomic E-state index is 4.65. The Labute approximate surface area is 285 Å². The number of nitrogens with zero attached hydrogens (tertiary/aromatic N) is 1. The molecule has 0 amide bonds. The molecule has 0 fully saturated rings. The van der Waals surface area contributed by atoms with E-state index in [1.165, 1.54) is 66.8 Å². The van der Waals surface area contributed by atoms with E-state index >= 15 is 0 Å². The summed E-state index contributed by atoms with van der Waals surface area (Å²) in [7, 11) is 0. The lowest BCUT2D eigenvalue weighted by molar-refractivity contribution is 0.838. The van der Waals surface area contributed by atoms with Crippen molar-refractivity contribution in [3.05, 3.63) is 175 Å². The summed E-state index contributed by atoms with van der Waals surface area (Å²) in [6, 6.07) is 57.3. The molecule has 1 heterocycles. The summed E-state index contributed by atoms with van der Waals surface area (Å²) in [4.78, 5) is 4.65. The molecule has 234 valence electrons. The molecule has 7 rings (SSSR count). The maximum absolute atomic E-state index is 4.65. The molecular weight excluding hydrogens is 579 g/mol. The topological polar surface area (TPSA) is 12.9 Å². The van der Waals surface area contributed by atoms with E-state index in [1.807, 2.05) is 12.3 Å². The van der Waals surface area contributed by atoms with Crippen LogP contribution in [0.2, 0.25) is 0 Å². The zero-order valence-electron chi connectivity index (χ0n) is 28.2. The molecule has 0 atom stereocenters. The molecule has 0 aliphatic heterocycles. The lowest BCUT2D eigenvalue weighted by Crippen LogP contribution is -2.01. The largest absolute Gasteiger partial charge is 0.256 e. The Balaban J connectivity index is 1.39. The van der Waals surface area contributed by atoms with Crippen LogP contribution in [0.5, 0.6) is 0 Å². The van der Waals surface area contributed by atoms with E-state index in [1.54, 1.807) is 0 Å². The minimum Gasteiger partial charge on any atom is -0.256 e. The highest BCUT2D eigenvalue weighted by atomic mass is 14.7. The molecule has 7 aromatic rings.